The molecule has 2 rings (SSSR count). The molecule has 0 aliphatic carbocycles. The number of nitrogens with one attached hydrogen (secondary N) is 1. The van der Waals surface area contributed by atoms with Crippen molar-refractivity contribution >= 4 is 22.0 Å². The van der Waals surface area contributed by atoms with Crippen molar-refractivity contribution in [1.82, 2.24) is 9.71 Å². The topological polar surface area (TPSA) is 134 Å². The molecule has 0 aliphatic heterocycles. The van der Waals surface area contributed by atoms with Gasteiger partial charge in [-0.05, 0) is 67.5 Å². The van der Waals surface area contributed by atoms with Gasteiger partial charge in [0.05, 0.1) is 10.5 Å². The molecule has 0 saturated carbocycles. The molecule has 0 spiro atoms. The molecule has 0 amide bonds. The zero-order chi connectivity index (χ0) is 23.4. The third kappa shape index (κ3) is 9.15. The van der Waals surface area contributed by atoms with Crippen molar-refractivity contribution in [2.45, 2.75) is 56.3 Å². The van der Waals surface area contributed by atoms with Crippen molar-refractivity contribution in [3.05, 3.63) is 59.9 Å². The maximum absolute atomic E-state index is 12.3. The number of carbonyl (C=O) groups is 2. The predicted molar refractivity (Wildman–Crippen MR) is 120 cm³/mol. The highest BCUT2D eigenvalue weighted by Gasteiger charge is 2.15. The Morgan fingerprint density at radius 3 is 2.31 bits per heavy atom. The van der Waals surface area contributed by atoms with Crippen LogP contribution >= 0.6 is 0 Å². The molecule has 0 aliphatic rings. The van der Waals surface area contributed by atoms with Gasteiger partial charge in [-0.1, -0.05) is 25.3 Å². The van der Waals surface area contributed by atoms with Gasteiger partial charge in [0, 0.05) is 25.4 Å². The fourth-order valence-electron chi connectivity index (χ4n) is 3.53. The first kappa shape index (κ1) is 25.5. The molecule has 0 fully saturated rings. The zero-order valence-electron chi connectivity index (χ0n) is 17.9. The van der Waals surface area contributed by atoms with Crippen molar-refractivity contribution in [3.63, 3.8) is 0 Å². The highest BCUT2D eigenvalue weighted by Crippen LogP contribution is 2.22. The Morgan fingerprint density at radius 2 is 1.69 bits per heavy atom. The lowest BCUT2D eigenvalue weighted by Gasteiger charge is -2.16. The molecule has 1 heterocycles. The molecule has 1 aromatic heterocycles. The molecule has 1 unspecified atom stereocenters. The van der Waals surface area contributed by atoms with E-state index in [9.17, 15) is 18.0 Å². The van der Waals surface area contributed by atoms with Gasteiger partial charge in [-0.25, -0.2) is 17.9 Å². The minimum Gasteiger partial charge on any atom is -0.481 e. The average Bonchev–Trinajstić information content (AvgIpc) is 2.77. The molecule has 1 atom stereocenters. The van der Waals surface area contributed by atoms with Crippen LogP contribution in [0.4, 0.5) is 0 Å². The first-order valence-corrected chi connectivity index (χ1v) is 12.2. The molecule has 9 heteroatoms. The van der Waals surface area contributed by atoms with Crippen molar-refractivity contribution < 1.29 is 28.2 Å². The van der Waals surface area contributed by atoms with E-state index < -0.39 is 22.0 Å². The Balaban J connectivity index is 1.75. The number of unbranched alkanes of at least 4 members (excludes halogenated alkanes) is 1. The molecule has 174 valence electrons. The minimum absolute atomic E-state index is 0.0252. The minimum atomic E-state index is -3.70. The van der Waals surface area contributed by atoms with Crippen LogP contribution in [0.25, 0.3) is 0 Å². The van der Waals surface area contributed by atoms with E-state index in [1.54, 1.807) is 6.20 Å². The molecule has 3 N–H and O–H groups in total. The highest BCUT2D eigenvalue weighted by molar-refractivity contribution is 7.89. The number of sulfonamides is 1. The third-order valence-corrected chi connectivity index (χ3v) is 6.79. The second-order valence-corrected chi connectivity index (χ2v) is 9.54. The van der Waals surface area contributed by atoms with Crippen LogP contribution in [-0.4, -0.2) is 42.1 Å². The van der Waals surface area contributed by atoms with E-state index in [1.807, 2.05) is 18.3 Å². The van der Waals surface area contributed by atoms with Gasteiger partial charge in [-0.15, -0.1) is 0 Å². The van der Waals surface area contributed by atoms with Crippen molar-refractivity contribution in [2.75, 3.05) is 6.54 Å². The number of aryl methyl sites for hydroxylation is 1. The van der Waals surface area contributed by atoms with E-state index in [0.717, 1.165) is 37.7 Å². The van der Waals surface area contributed by atoms with Gasteiger partial charge >= 0.3 is 11.9 Å². The fraction of sp³-hybridized carbons (Fsp3) is 0.435. The Kier molecular flexibility index (Phi) is 10.3. The number of aromatic nitrogens is 1. The summed E-state index contributed by atoms with van der Waals surface area (Å²) >= 11 is 0. The monoisotopic (exact) mass is 462 g/mol. The standard InChI is InChI=1S/C23H30N2O6S/c26-22(27)14-9-18(6-3-7-19-8-4-15-24-17-19)5-1-2-16-25-32(30,31)21-12-10-20(11-13-21)23(28)29/h4,8,10-13,15,17-18,25H,1-3,5-7,9,14,16H2,(H,26,27)(H,28,29). The Labute approximate surface area is 188 Å². The number of carboxylic acid groups (broad SMARTS) is 2. The van der Waals surface area contributed by atoms with E-state index in [4.69, 9.17) is 10.2 Å². The zero-order valence-corrected chi connectivity index (χ0v) is 18.8. The third-order valence-electron chi connectivity index (χ3n) is 5.31. The van der Waals surface area contributed by atoms with Gasteiger partial charge in [-0.3, -0.25) is 9.78 Å². The lowest BCUT2D eigenvalue weighted by atomic mass is 9.91. The van der Waals surface area contributed by atoms with Gasteiger partial charge in [0.25, 0.3) is 0 Å². The van der Waals surface area contributed by atoms with E-state index >= 15 is 0 Å². The van der Waals surface area contributed by atoms with Crippen LogP contribution in [0.1, 0.15) is 60.9 Å². The van der Waals surface area contributed by atoms with E-state index in [1.165, 1.54) is 24.3 Å². The number of hydrogen-bond acceptors (Lipinski definition) is 5. The first-order valence-electron chi connectivity index (χ1n) is 10.7. The van der Waals surface area contributed by atoms with Gasteiger partial charge in [-0.2, -0.15) is 0 Å². The number of rotatable bonds is 15. The summed E-state index contributed by atoms with van der Waals surface area (Å²) in [5.74, 6) is -1.63. The lowest BCUT2D eigenvalue weighted by molar-refractivity contribution is -0.137. The van der Waals surface area contributed by atoms with Crippen LogP contribution < -0.4 is 4.72 Å². The molecule has 32 heavy (non-hydrogen) atoms. The van der Waals surface area contributed by atoms with Crippen LogP contribution in [0.5, 0.6) is 0 Å². The van der Waals surface area contributed by atoms with Crippen molar-refractivity contribution in [2.24, 2.45) is 5.92 Å². The summed E-state index contributed by atoms with van der Waals surface area (Å²) in [7, 11) is -3.70. The van der Waals surface area contributed by atoms with Crippen LogP contribution in [-0.2, 0) is 21.2 Å². The summed E-state index contributed by atoms with van der Waals surface area (Å²) in [6, 6.07) is 9.00. The Hall–Kier alpha value is -2.78. The van der Waals surface area contributed by atoms with Crippen molar-refractivity contribution in [3.8, 4) is 0 Å². The van der Waals surface area contributed by atoms with E-state index in [0.29, 0.717) is 12.8 Å². The van der Waals surface area contributed by atoms with Crippen LogP contribution in [0.15, 0.2) is 53.7 Å². The summed E-state index contributed by atoms with van der Waals surface area (Å²) in [4.78, 5) is 26.0. The molecule has 8 nitrogen and oxygen atoms in total. The Morgan fingerprint density at radius 1 is 0.969 bits per heavy atom. The summed E-state index contributed by atoms with van der Waals surface area (Å²) in [6.45, 7) is 0.268. The molecule has 2 aromatic rings. The highest BCUT2D eigenvalue weighted by atomic mass is 32.2. The quantitative estimate of drug-likeness (QED) is 0.343. The maximum Gasteiger partial charge on any atom is 0.335 e. The van der Waals surface area contributed by atoms with E-state index in [-0.39, 0.29) is 29.3 Å². The lowest BCUT2D eigenvalue weighted by Crippen LogP contribution is -2.25. The predicted octanol–water partition coefficient (Wildman–Crippen LogP) is 3.73. The molecule has 0 saturated heterocycles. The summed E-state index contributed by atoms with van der Waals surface area (Å²) in [6.07, 6.45) is 9.37. The summed E-state index contributed by atoms with van der Waals surface area (Å²) in [5, 5.41) is 17.9. The molecular weight excluding hydrogens is 432 g/mol. The normalized spacial score (nSPS) is 12.4. The SMILES string of the molecule is O=C(O)CCC(CCCCNS(=O)(=O)c1ccc(C(=O)O)cc1)CCCc1cccnc1. The number of pyridine rings is 1. The number of aliphatic carboxylic acids is 1. The second-order valence-electron chi connectivity index (χ2n) is 7.78. The smallest absolute Gasteiger partial charge is 0.335 e. The largest absolute Gasteiger partial charge is 0.481 e. The van der Waals surface area contributed by atoms with E-state index in [2.05, 4.69) is 9.71 Å². The van der Waals surface area contributed by atoms with Gasteiger partial charge in [0.2, 0.25) is 10.0 Å². The second kappa shape index (κ2) is 12.9. The number of hydrogen-bond donors (Lipinski definition) is 3. The molecule has 0 radical (unpaired) electrons. The number of carboxylic acids is 2. The fourth-order valence-corrected chi connectivity index (χ4v) is 4.60. The van der Waals surface area contributed by atoms with Gasteiger partial charge < -0.3 is 10.2 Å². The van der Waals surface area contributed by atoms with Gasteiger partial charge in [0.1, 0.15) is 0 Å². The van der Waals surface area contributed by atoms with Gasteiger partial charge in [0.15, 0.2) is 0 Å². The first-order chi connectivity index (χ1) is 15.3. The number of aromatic carboxylic acids is 1. The number of nitrogens with zero attached hydrogens (tertiary/aromatic N) is 1. The summed E-state index contributed by atoms with van der Waals surface area (Å²) in [5.41, 5.74) is 1.19. The van der Waals surface area contributed by atoms with Crippen LogP contribution in [0.2, 0.25) is 0 Å². The maximum atomic E-state index is 12.3. The van der Waals surface area contributed by atoms with Crippen molar-refractivity contribution in [1.29, 1.82) is 0 Å². The molecule has 0 bridgehead atoms. The average molecular weight is 463 g/mol. The summed E-state index contributed by atoms with van der Waals surface area (Å²) < 4.78 is 27.2. The van der Waals surface area contributed by atoms with Crippen LogP contribution in [0, 0.1) is 5.92 Å². The van der Waals surface area contributed by atoms with Crippen LogP contribution in [0.3, 0.4) is 0 Å². The molecule has 1 aromatic carbocycles. The number of benzene rings is 1. The Bertz CT molecular complexity index is 962. The molecular formula is C23H30N2O6S.